The molecule has 2 atom stereocenters. The van der Waals surface area contributed by atoms with Crippen LogP contribution in [0.15, 0.2) is 17.3 Å². The molecule has 0 radical (unpaired) electrons. The smallest absolute Gasteiger partial charge is 0.311 e. The zero-order chi connectivity index (χ0) is 17.2. The summed E-state index contributed by atoms with van der Waals surface area (Å²) in [6.45, 7) is 1.07. The van der Waals surface area contributed by atoms with Crippen LogP contribution in [0.1, 0.15) is 6.92 Å². The molecular weight excluding hydrogens is 328 g/mol. The Balaban J connectivity index is 2.28. The summed E-state index contributed by atoms with van der Waals surface area (Å²) in [7, 11) is -4.02. The molecule has 1 aromatic rings. The maximum Gasteiger partial charge on any atom is 0.311 e. The van der Waals surface area contributed by atoms with E-state index in [0.717, 1.165) is 16.7 Å². The van der Waals surface area contributed by atoms with E-state index in [1.165, 1.54) is 0 Å². The highest BCUT2D eigenvalue weighted by Crippen LogP contribution is 2.29. The Morgan fingerprint density at radius 3 is 2.43 bits per heavy atom. The van der Waals surface area contributed by atoms with Crippen molar-refractivity contribution in [2.75, 3.05) is 25.4 Å². The molecule has 3 N–H and O–H groups in total. The summed E-state index contributed by atoms with van der Waals surface area (Å²) in [5.74, 6) is -4.30. The van der Waals surface area contributed by atoms with Gasteiger partial charge in [0.2, 0.25) is 16.0 Å². The molecule has 0 amide bonds. The first-order valence-electron chi connectivity index (χ1n) is 6.74. The van der Waals surface area contributed by atoms with Crippen LogP contribution in [0.4, 0.5) is 5.95 Å². The van der Waals surface area contributed by atoms with Crippen molar-refractivity contribution in [3.05, 3.63) is 12.4 Å². The SMILES string of the molecule is CCOC(=O)[C@@H]1CN(S(=O)(=O)c2cnc(N)nc2)C[C@H]1C(=O)O. The highest BCUT2D eigenvalue weighted by molar-refractivity contribution is 7.89. The van der Waals surface area contributed by atoms with Gasteiger partial charge >= 0.3 is 11.9 Å². The number of aliphatic carboxylic acids is 1. The Labute approximate surface area is 132 Å². The molecule has 1 aromatic heterocycles. The van der Waals surface area contributed by atoms with E-state index in [1.807, 2.05) is 0 Å². The van der Waals surface area contributed by atoms with Crippen LogP contribution >= 0.6 is 0 Å². The minimum Gasteiger partial charge on any atom is -0.481 e. The lowest BCUT2D eigenvalue weighted by Crippen LogP contribution is -2.30. The van der Waals surface area contributed by atoms with Crippen molar-refractivity contribution >= 4 is 27.9 Å². The van der Waals surface area contributed by atoms with Crippen molar-refractivity contribution < 1.29 is 27.9 Å². The molecule has 2 rings (SSSR count). The number of carbonyl (C=O) groups is 2. The maximum absolute atomic E-state index is 12.5. The van der Waals surface area contributed by atoms with Crippen molar-refractivity contribution in [1.29, 1.82) is 0 Å². The number of rotatable bonds is 5. The van der Waals surface area contributed by atoms with E-state index in [4.69, 9.17) is 10.5 Å². The molecule has 0 aliphatic carbocycles. The highest BCUT2D eigenvalue weighted by atomic mass is 32.2. The number of hydrogen-bond acceptors (Lipinski definition) is 8. The van der Waals surface area contributed by atoms with Crippen LogP contribution in [0.25, 0.3) is 0 Å². The number of sulfonamides is 1. The first kappa shape index (κ1) is 17.1. The van der Waals surface area contributed by atoms with E-state index in [2.05, 4.69) is 9.97 Å². The average molecular weight is 344 g/mol. The number of nitrogens with zero attached hydrogens (tertiary/aromatic N) is 3. The molecule has 11 heteroatoms. The Bertz CT molecular complexity index is 705. The Kier molecular flexibility index (Phi) is 4.80. The normalized spacial score (nSPS) is 22.0. The molecule has 1 fully saturated rings. The van der Waals surface area contributed by atoms with Gasteiger partial charge in [0, 0.05) is 13.1 Å². The van der Waals surface area contributed by atoms with Gasteiger partial charge in [-0.1, -0.05) is 0 Å². The van der Waals surface area contributed by atoms with Gasteiger partial charge in [-0.25, -0.2) is 18.4 Å². The first-order valence-corrected chi connectivity index (χ1v) is 8.18. The zero-order valence-corrected chi connectivity index (χ0v) is 13.1. The zero-order valence-electron chi connectivity index (χ0n) is 12.2. The van der Waals surface area contributed by atoms with Gasteiger partial charge in [0.15, 0.2) is 0 Å². The fourth-order valence-corrected chi connectivity index (χ4v) is 3.69. The minimum absolute atomic E-state index is 0.0836. The highest BCUT2D eigenvalue weighted by Gasteiger charge is 2.47. The third-order valence-electron chi connectivity index (χ3n) is 3.48. The summed E-state index contributed by atoms with van der Waals surface area (Å²) in [6.07, 6.45) is 2.07. The van der Waals surface area contributed by atoms with Gasteiger partial charge in [-0.05, 0) is 6.92 Å². The molecule has 0 aromatic carbocycles. The maximum atomic E-state index is 12.5. The number of anilines is 1. The topological polar surface area (TPSA) is 153 Å². The van der Waals surface area contributed by atoms with Crippen LogP contribution < -0.4 is 5.73 Å². The van der Waals surface area contributed by atoms with Crippen molar-refractivity contribution in [2.24, 2.45) is 11.8 Å². The van der Waals surface area contributed by atoms with Crippen molar-refractivity contribution in [3.8, 4) is 0 Å². The third kappa shape index (κ3) is 3.40. The monoisotopic (exact) mass is 344 g/mol. The lowest BCUT2D eigenvalue weighted by Gasteiger charge is -2.15. The van der Waals surface area contributed by atoms with Gasteiger partial charge in [-0.15, -0.1) is 0 Å². The molecule has 1 aliphatic heterocycles. The van der Waals surface area contributed by atoms with Crippen molar-refractivity contribution in [2.45, 2.75) is 11.8 Å². The van der Waals surface area contributed by atoms with Crippen LogP contribution in [0.5, 0.6) is 0 Å². The van der Waals surface area contributed by atoms with Crippen molar-refractivity contribution in [1.82, 2.24) is 14.3 Å². The molecule has 1 aliphatic rings. The molecule has 0 unspecified atom stereocenters. The number of carboxylic acid groups (broad SMARTS) is 1. The number of ether oxygens (including phenoxy) is 1. The van der Waals surface area contributed by atoms with Gasteiger partial charge in [0.05, 0.1) is 30.8 Å². The second-order valence-electron chi connectivity index (χ2n) is 4.90. The third-order valence-corrected chi connectivity index (χ3v) is 5.26. The second kappa shape index (κ2) is 6.46. The van der Waals surface area contributed by atoms with E-state index in [1.54, 1.807) is 6.92 Å². The van der Waals surface area contributed by atoms with Gasteiger partial charge in [-0.3, -0.25) is 9.59 Å². The lowest BCUT2D eigenvalue weighted by atomic mass is 9.96. The number of nitrogen functional groups attached to an aromatic ring is 1. The molecule has 0 saturated carbocycles. The summed E-state index contributed by atoms with van der Waals surface area (Å²) in [4.78, 5) is 30.2. The summed E-state index contributed by atoms with van der Waals surface area (Å²) in [6, 6.07) is 0. The fraction of sp³-hybridized carbons (Fsp3) is 0.500. The molecule has 2 heterocycles. The van der Waals surface area contributed by atoms with Crippen LogP contribution in [-0.4, -0.2) is 59.4 Å². The molecule has 0 bridgehead atoms. The summed E-state index contributed by atoms with van der Waals surface area (Å²) in [5.41, 5.74) is 5.31. The van der Waals surface area contributed by atoms with E-state index in [-0.39, 0.29) is 30.5 Å². The molecule has 126 valence electrons. The molecule has 10 nitrogen and oxygen atoms in total. The number of carboxylic acids is 1. The Morgan fingerprint density at radius 1 is 1.35 bits per heavy atom. The first-order chi connectivity index (χ1) is 10.8. The number of hydrogen-bond donors (Lipinski definition) is 2. The van der Waals surface area contributed by atoms with E-state index >= 15 is 0 Å². The number of nitrogens with two attached hydrogens (primary N) is 1. The van der Waals surface area contributed by atoms with Crippen LogP contribution in [0, 0.1) is 11.8 Å². The predicted molar refractivity (Wildman–Crippen MR) is 76.5 cm³/mol. The van der Waals surface area contributed by atoms with Gasteiger partial charge in [0.25, 0.3) is 0 Å². The largest absolute Gasteiger partial charge is 0.481 e. The number of esters is 1. The molecule has 23 heavy (non-hydrogen) atoms. The van der Waals surface area contributed by atoms with Crippen LogP contribution in [0.2, 0.25) is 0 Å². The molecular formula is C12H16N4O6S. The molecule has 0 spiro atoms. The standard InChI is InChI=1S/C12H16N4O6S/c1-2-22-11(19)9-6-16(5-8(9)10(17)18)23(20,21)7-3-14-12(13)15-4-7/h3-4,8-9H,2,5-6H2,1H3,(H,17,18)(H2,13,14,15)/t8-,9-/m1/s1. The van der Waals surface area contributed by atoms with E-state index < -0.39 is 33.8 Å². The van der Waals surface area contributed by atoms with Crippen LogP contribution in [0.3, 0.4) is 0 Å². The molecule has 1 saturated heterocycles. The Morgan fingerprint density at radius 2 is 1.91 bits per heavy atom. The average Bonchev–Trinajstić information content (AvgIpc) is 2.94. The quantitative estimate of drug-likeness (QED) is 0.636. The van der Waals surface area contributed by atoms with E-state index in [0.29, 0.717) is 0 Å². The van der Waals surface area contributed by atoms with Gasteiger partial charge < -0.3 is 15.6 Å². The lowest BCUT2D eigenvalue weighted by molar-refractivity contribution is -0.155. The minimum atomic E-state index is -4.02. The summed E-state index contributed by atoms with van der Waals surface area (Å²) >= 11 is 0. The second-order valence-corrected chi connectivity index (χ2v) is 6.84. The van der Waals surface area contributed by atoms with E-state index in [9.17, 15) is 23.1 Å². The van der Waals surface area contributed by atoms with Gasteiger partial charge in [-0.2, -0.15) is 4.31 Å². The number of aromatic nitrogens is 2. The predicted octanol–water partition coefficient (Wildman–Crippen LogP) is -1.06. The summed E-state index contributed by atoms with van der Waals surface area (Å²) < 4.78 is 30.7. The number of carbonyl (C=O) groups excluding carboxylic acids is 1. The van der Waals surface area contributed by atoms with Gasteiger partial charge in [0.1, 0.15) is 4.90 Å². The van der Waals surface area contributed by atoms with Crippen molar-refractivity contribution in [3.63, 3.8) is 0 Å². The summed E-state index contributed by atoms with van der Waals surface area (Å²) in [5, 5.41) is 9.22. The Hall–Kier alpha value is -2.27. The van der Waals surface area contributed by atoms with Crippen LogP contribution in [-0.2, 0) is 24.3 Å². The fourth-order valence-electron chi connectivity index (χ4n) is 2.31.